The summed E-state index contributed by atoms with van der Waals surface area (Å²) in [5.41, 5.74) is 1.56. The van der Waals surface area contributed by atoms with Crippen molar-refractivity contribution >= 4 is 16.9 Å². The molecule has 4 heterocycles. The van der Waals surface area contributed by atoms with Gasteiger partial charge in [-0.3, -0.25) is 9.69 Å². The van der Waals surface area contributed by atoms with E-state index in [0.29, 0.717) is 12.0 Å². The third kappa shape index (κ3) is 2.22. The summed E-state index contributed by atoms with van der Waals surface area (Å²) in [6.07, 6.45) is 2.41. The monoisotopic (exact) mass is 298 g/mol. The Balaban J connectivity index is 1.55. The number of carbonyl (C=O) groups excluding carboxylic acids is 1. The van der Waals surface area contributed by atoms with Gasteiger partial charge in [-0.05, 0) is 70.0 Å². The predicted molar refractivity (Wildman–Crippen MR) is 86.0 cm³/mol. The quantitative estimate of drug-likeness (QED) is 0.927. The number of nitrogens with one attached hydrogen (secondary N) is 1. The van der Waals surface area contributed by atoms with E-state index in [1.165, 1.54) is 25.9 Å². The maximum atomic E-state index is 12.6. The van der Waals surface area contributed by atoms with E-state index in [4.69, 9.17) is 4.42 Å². The van der Waals surface area contributed by atoms with E-state index in [0.717, 1.165) is 22.3 Å². The number of piperidine rings is 3. The Labute approximate surface area is 130 Å². The summed E-state index contributed by atoms with van der Waals surface area (Å²) < 4.78 is 5.57. The van der Waals surface area contributed by atoms with Gasteiger partial charge < -0.3 is 9.73 Å². The summed E-state index contributed by atoms with van der Waals surface area (Å²) in [4.78, 5) is 15.1. The van der Waals surface area contributed by atoms with Gasteiger partial charge in [-0.2, -0.15) is 0 Å². The van der Waals surface area contributed by atoms with Crippen LogP contribution in [0.25, 0.3) is 11.0 Å². The van der Waals surface area contributed by atoms with Crippen LogP contribution in [0.5, 0.6) is 0 Å². The molecule has 22 heavy (non-hydrogen) atoms. The van der Waals surface area contributed by atoms with Crippen molar-refractivity contribution in [2.75, 3.05) is 13.1 Å². The molecule has 1 aromatic heterocycles. The first kappa shape index (κ1) is 13.8. The third-order valence-electron chi connectivity index (χ3n) is 5.38. The second-order valence-corrected chi connectivity index (χ2v) is 6.72. The fourth-order valence-corrected chi connectivity index (χ4v) is 4.10. The van der Waals surface area contributed by atoms with Gasteiger partial charge in [-0.15, -0.1) is 0 Å². The van der Waals surface area contributed by atoms with Gasteiger partial charge in [0.05, 0.1) is 0 Å². The van der Waals surface area contributed by atoms with E-state index < -0.39 is 0 Å². The number of hydrogen-bond acceptors (Lipinski definition) is 3. The highest BCUT2D eigenvalue weighted by atomic mass is 16.3. The topological polar surface area (TPSA) is 45.5 Å². The SMILES string of the molecule is Cc1cc2cc(C(=O)NC3C4CCN(CC4)C3C)ccc2o1. The van der Waals surface area contributed by atoms with Crippen LogP contribution in [0.2, 0.25) is 0 Å². The minimum Gasteiger partial charge on any atom is -0.461 e. The van der Waals surface area contributed by atoms with E-state index >= 15 is 0 Å². The summed E-state index contributed by atoms with van der Waals surface area (Å²) in [5.74, 6) is 1.54. The summed E-state index contributed by atoms with van der Waals surface area (Å²) in [6, 6.07) is 8.35. The van der Waals surface area contributed by atoms with Gasteiger partial charge in [0.25, 0.3) is 5.91 Å². The van der Waals surface area contributed by atoms with Gasteiger partial charge in [0.1, 0.15) is 11.3 Å². The van der Waals surface area contributed by atoms with Gasteiger partial charge in [0.2, 0.25) is 0 Å². The summed E-state index contributed by atoms with van der Waals surface area (Å²) in [7, 11) is 0. The van der Waals surface area contributed by atoms with E-state index in [1.54, 1.807) is 0 Å². The number of aryl methyl sites for hydroxylation is 1. The summed E-state index contributed by atoms with van der Waals surface area (Å²) >= 11 is 0. The maximum absolute atomic E-state index is 12.6. The van der Waals surface area contributed by atoms with Crippen LogP contribution in [-0.2, 0) is 0 Å². The largest absolute Gasteiger partial charge is 0.461 e. The fourth-order valence-electron chi connectivity index (χ4n) is 4.10. The van der Waals surface area contributed by atoms with Crippen LogP contribution < -0.4 is 5.32 Å². The molecule has 2 atom stereocenters. The van der Waals surface area contributed by atoms with Gasteiger partial charge in [0.15, 0.2) is 0 Å². The van der Waals surface area contributed by atoms with Crippen LogP contribution in [-0.4, -0.2) is 36.0 Å². The van der Waals surface area contributed by atoms with Crippen LogP contribution in [0.4, 0.5) is 0 Å². The van der Waals surface area contributed by atoms with Crippen LogP contribution >= 0.6 is 0 Å². The van der Waals surface area contributed by atoms with E-state index in [-0.39, 0.29) is 11.9 Å². The number of hydrogen-bond donors (Lipinski definition) is 1. The van der Waals surface area contributed by atoms with Crippen molar-refractivity contribution in [2.24, 2.45) is 5.92 Å². The minimum atomic E-state index is 0.0337. The standard InChI is InChI=1S/C18H22N2O2/c1-11-9-15-10-14(3-4-16(15)22-11)18(21)19-17-12(2)20-7-5-13(17)6-8-20/h3-4,9-10,12-13,17H,5-8H2,1-2H3,(H,19,21). The molecule has 0 spiro atoms. The van der Waals surface area contributed by atoms with Crippen LogP contribution in [0.1, 0.15) is 35.9 Å². The first-order valence-corrected chi connectivity index (χ1v) is 8.17. The second-order valence-electron chi connectivity index (χ2n) is 6.72. The molecule has 1 aromatic carbocycles. The molecular weight excluding hydrogens is 276 g/mol. The van der Waals surface area contributed by atoms with Crippen molar-refractivity contribution in [3.63, 3.8) is 0 Å². The second kappa shape index (κ2) is 5.13. The minimum absolute atomic E-state index is 0.0337. The summed E-state index contributed by atoms with van der Waals surface area (Å²) in [5, 5.41) is 4.27. The molecule has 116 valence electrons. The Morgan fingerprint density at radius 1 is 1.27 bits per heavy atom. The molecular formula is C18H22N2O2. The van der Waals surface area contributed by atoms with Crippen molar-refractivity contribution in [3.05, 3.63) is 35.6 Å². The number of benzene rings is 1. The number of furan rings is 1. The van der Waals surface area contributed by atoms with E-state index in [1.807, 2.05) is 31.2 Å². The molecule has 2 aromatic rings. The lowest BCUT2D eigenvalue weighted by Crippen LogP contribution is -2.62. The Hall–Kier alpha value is -1.81. The molecule has 3 saturated heterocycles. The van der Waals surface area contributed by atoms with E-state index in [2.05, 4.69) is 17.1 Å². The smallest absolute Gasteiger partial charge is 0.251 e. The number of carbonyl (C=O) groups is 1. The number of amides is 1. The van der Waals surface area contributed by atoms with Crippen LogP contribution in [0, 0.1) is 12.8 Å². The molecule has 1 amide bonds. The predicted octanol–water partition coefficient (Wildman–Crippen LogP) is 2.95. The van der Waals surface area contributed by atoms with Gasteiger partial charge in [-0.1, -0.05) is 0 Å². The Morgan fingerprint density at radius 3 is 2.77 bits per heavy atom. The highest BCUT2D eigenvalue weighted by Gasteiger charge is 2.40. The molecule has 2 bridgehead atoms. The van der Waals surface area contributed by atoms with Crippen molar-refractivity contribution in [2.45, 2.75) is 38.8 Å². The molecule has 1 N–H and O–H groups in total. The van der Waals surface area contributed by atoms with Crippen molar-refractivity contribution in [3.8, 4) is 0 Å². The zero-order valence-corrected chi connectivity index (χ0v) is 13.1. The van der Waals surface area contributed by atoms with Crippen molar-refractivity contribution < 1.29 is 9.21 Å². The highest BCUT2D eigenvalue weighted by Crippen LogP contribution is 2.32. The molecule has 0 saturated carbocycles. The van der Waals surface area contributed by atoms with Gasteiger partial charge in [-0.25, -0.2) is 0 Å². The molecule has 3 aliphatic rings. The fraction of sp³-hybridized carbons (Fsp3) is 0.500. The molecule has 0 aliphatic carbocycles. The number of fused-ring (bicyclic) bond motifs is 4. The normalized spacial score (nSPS) is 30.6. The lowest BCUT2D eigenvalue weighted by atomic mass is 9.79. The van der Waals surface area contributed by atoms with Crippen LogP contribution in [0.15, 0.2) is 28.7 Å². The van der Waals surface area contributed by atoms with Crippen molar-refractivity contribution in [1.29, 1.82) is 0 Å². The zero-order valence-electron chi connectivity index (χ0n) is 13.1. The van der Waals surface area contributed by atoms with Crippen LogP contribution in [0.3, 0.4) is 0 Å². The first-order chi connectivity index (χ1) is 10.6. The third-order valence-corrected chi connectivity index (χ3v) is 5.38. The average molecular weight is 298 g/mol. The lowest BCUT2D eigenvalue weighted by molar-refractivity contribution is 0.0217. The number of nitrogens with zero attached hydrogens (tertiary/aromatic N) is 1. The lowest BCUT2D eigenvalue weighted by Gasteiger charge is -2.49. The Kier molecular flexibility index (Phi) is 3.22. The molecule has 0 radical (unpaired) electrons. The zero-order chi connectivity index (χ0) is 15.3. The summed E-state index contributed by atoms with van der Waals surface area (Å²) in [6.45, 7) is 6.52. The molecule has 4 nitrogen and oxygen atoms in total. The Bertz CT molecular complexity index is 711. The van der Waals surface area contributed by atoms with Gasteiger partial charge >= 0.3 is 0 Å². The first-order valence-electron chi connectivity index (χ1n) is 8.17. The maximum Gasteiger partial charge on any atom is 0.251 e. The molecule has 2 unspecified atom stereocenters. The molecule has 4 heteroatoms. The van der Waals surface area contributed by atoms with E-state index in [9.17, 15) is 4.79 Å². The highest BCUT2D eigenvalue weighted by molar-refractivity contribution is 5.98. The number of rotatable bonds is 2. The molecule has 3 fully saturated rings. The molecule has 3 aliphatic heterocycles. The van der Waals surface area contributed by atoms with Gasteiger partial charge in [0, 0.05) is 23.0 Å². The van der Waals surface area contributed by atoms with Crippen molar-refractivity contribution in [1.82, 2.24) is 10.2 Å². The molecule has 5 rings (SSSR count). The Morgan fingerprint density at radius 2 is 2.05 bits per heavy atom. The average Bonchev–Trinajstić information content (AvgIpc) is 2.90.